The third kappa shape index (κ3) is 4.02. The van der Waals surface area contributed by atoms with Crippen molar-refractivity contribution in [1.29, 1.82) is 0 Å². The first-order chi connectivity index (χ1) is 8.31. The molecule has 1 aliphatic rings. The monoisotopic (exact) mass is 486 g/mol. The molecule has 90 valence electrons. The van der Waals surface area contributed by atoms with Gasteiger partial charge in [-0.1, -0.05) is 0 Å². The van der Waals surface area contributed by atoms with Crippen molar-refractivity contribution in [2.24, 2.45) is 0 Å². The third-order valence-electron chi connectivity index (χ3n) is 3.19. The molecule has 1 unspecified atom stereocenters. The van der Waals surface area contributed by atoms with Gasteiger partial charge in [-0.15, -0.1) is 0 Å². The molecule has 0 spiro atoms. The van der Waals surface area contributed by atoms with Crippen molar-refractivity contribution in [1.82, 2.24) is 0 Å². The van der Waals surface area contributed by atoms with Crippen molar-refractivity contribution in [2.75, 3.05) is 6.61 Å². The van der Waals surface area contributed by atoms with E-state index in [2.05, 4.69) is 43.1 Å². The SMILES string of the molecule is C[CH]([Hg][Br])[C@H]1OCC[C@@H]1OCc1ccccc1. The van der Waals surface area contributed by atoms with E-state index in [0.717, 1.165) is 16.5 Å². The average molecular weight is 486 g/mol. The Kier molecular flexibility index (Phi) is 5.93. The fourth-order valence-electron chi connectivity index (χ4n) is 2.17. The van der Waals surface area contributed by atoms with E-state index in [1.165, 1.54) is 5.56 Å². The van der Waals surface area contributed by atoms with E-state index in [0.29, 0.717) is 18.8 Å². The first-order valence-electron chi connectivity index (χ1n) is 6.14. The molecule has 1 aromatic carbocycles. The zero-order chi connectivity index (χ0) is 12.1. The van der Waals surface area contributed by atoms with Gasteiger partial charge in [0.25, 0.3) is 0 Å². The van der Waals surface area contributed by atoms with E-state index in [4.69, 9.17) is 9.47 Å². The molecule has 3 atom stereocenters. The van der Waals surface area contributed by atoms with Crippen molar-refractivity contribution >= 4 is 11.9 Å². The Bertz CT molecular complexity index is 333. The van der Waals surface area contributed by atoms with Gasteiger partial charge >= 0.3 is 122 Å². The van der Waals surface area contributed by atoms with Crippen molar-refractivity contribution in [3.05, 3.63) is 35.9 Å². The van der Waals surface area contributed by atoms with Crippen LogP contribution in [-0.4, -0.2) is 18.8 Å². The number of rotatable bonds is 5. The van der Waals surface area contributed by atoms with Gasteiger partial charge in [0, 0.05) is 0 Å². The zero-order valence-electron chi connectivity index (χ0n) is 10.1. The third-order valence-corrected chi connectivity index (χ3v) is 15.9. The van der Waals surface area contributed by atoms with Crippen molar-refractivity contribution < 1.29 is 31.6 Å². The van der Waals surface area contributed by atoms with Gasteiger partial charge in [0.05, 0.1) is 0 Å². The second kappa shape index (κ2) is 7.22. The molecule has 0 aliphatic carbocycles. The van der Waals surface area contributed by atoms with Gasteiger partial charge in [0.15, 0.2) is 0 Å². The molecule has 0 radical (unpaired) electrons. The Morgan fingerprint density at radius 2 is 2.24 bits per heavy atom. The van der Waals surface area contributed by atoms with Gasteiger partial charge in [0.2, 0.25) is 0 Å². The number of ether oxygens (including phenoxy) is 2. The van der Waals surface area contributed by atoms with Crippen LogP contribution in [0.1, 0.15) is 18.9 Å². The topological polar surface area (TPSA) is 18.5 Å². The molecule has 0 N–H and O–H groups in total. The zero-order valence-corrected chi connectivity index (χ0v) is 17.2. The van der Waals surface area contributed by atoms with Crippen LogP contribution in [0.2, 0.25) is 3.43 Å². The number of benzene rings is 1. The molecule has 0 aromatic heterocycles. The molecular weight excluding hydrogens is 469 g/mol. The molecule has 2 rings (SSSR count). The van der Waals surface area contributed by atoms with E-state index < -0.39 is 22.1 Å². The van der Waals surface area contributed by atoms with Crippen LogP contribution in [0.3, 0.4) is 0 Å². The van der Waals surface area contributed by atoms with Crippen LogP contribution in [0, 0.1) is 0 Å². The molecule has 2 nitrogen and oxygen atoms in total. The fourth-order valence-corrected chi connectivity index (χ4v) is 7.79. The minimum absolute atomic E-state index is 0.294. The Labute approximate surface area is 121 Å². The molecule has 1 fully saturated rings. The molecule has 1 heterocycles. The Balaban J connectivity index is 1.86. The quantitative estimate of drug-likeness (QED) is 0.594. The van der Waals surface area contributed by atoms with E-state index in [9.17, 15) is 0 Å². The average Bonchev–Trinajstić information content (AvgIpc) is 2.85. The van der Waals surface area contributed by atoms with Crippen molar-refractivity contribution in [3.8, 4) is 0 Å². The molecule has 1 saturated heterocycles. The summed E-state index contributed by atoms with van der Waals surface area (Å²) in [6, 6.07) is 10.4. The minimum atomic E-state index is -0.889. The molecule has 17 heavy (non-hydrogen) atoms. The summed E-state index contributed by atoms with van der Waals surface area (Å²) in [6.07, 6.45) is 1.67. The number of hydrogen-bond donors (Lipinski definition) is 0. The maximum atomic E-state index is 6.01. The number of hydrogen-bond acceptors (Lipinski definition) is 2. The molecule has 0 saturated carbocycles. The summed E-state index contributed by atoms with van der Waals surface area (Å²) < 4.78 is 12.5. The van der Waals surface area contributed by atoms with E-state index in [-0.39, 0.29) is 0 Å². The molecule has 4 heteroatoms. The molecule has 0 bridgehead atoms. The molecular formula is C13H17BrHgO2. The summed E-state index contributed by atoms with van der Waals surface area (Å²) in [5.74, 6) is 0. The summed E-state index contributed by atoms with van der Waals surface area (Å²) in [5.41, 5.74) is 1.24. The summed E-state index contributed by atoms with van der Waals surface area (Å²) >= 11 is 2.85. The predicted octanol–water partition coefficient (Wildman–Crippen LogP) is 3.56. The fraction of sp³-hybridized carbons (Fsp3) is 0.538. The summed E-state index contributed by atoms with van der Waals surface area (Å²) in [4.78, 5) is 0. The van der Waals surface area contributed by atoms with E-state index in [1.54, 1.807) is 0 Å². The first kappa shape index (κ1) is 14.0. The van der Waals surface area contributed by atoms with Gasteiger partial charge < -0.3 is 0 Å². The standard InChI is InChI=1S/C13H17O2.BrH.Hg/c1-2-12-13(8-9-14-12)15-10-11-6-4-3-5-7-11;;/h2-7,12-13H,8-10H2,1H3;1H;/q;;+1/p-1/t12-,13+;;/m1../s1. The van der Waals surface area contributed by atoms with Crippen LogP contribution in [-0.2, 0) is 38.2 Å². The number of halogens is 1. The molecule has 1 aromatic rings. The van der Waals surface area contributed by atoms with Crippen LogP contribution >= 0.6 is 11.9 Å². The van der Waals surface area contributed by atoms with Crippen LogP contribution in [0.4, 0.5) is 0 Å². The predicted molar refractivity (Wildman–Crippen MR) is 67.7 cm³/mol. The van der Waals surface area contributed by atoms with Gasteiger partial charge in [-0.05, 0) is 0 Å². The maximum absolute atomic E-state index is 6.01. The van der Waals surface area contributed by atoms with Gasteiger partial charge in [0.1, 0.15) is 0 Å². The normalized spacial score (nSPS) is 25.5. The van der Waals surface area contributed by atoms with Gasteiger partial charge in [-0.25, -0.2) is 0 Å². The van der Waals surface area contributed by atoms with Crippen LogP contribution in [0.5, 0.6) is 0 Å². The first-order valence-corrected chi connectivity index (χ1v) is 21.2. The van der Waals surface area contributed by atoms with Gasteiger partial charge in [-0.3, -0.25) is 0 Å². The van der Waals surface area contributed by atoms with Crippen molar-refractivity contribution in [3.63, 3.8) is 0 Å². The molecule has 1 aliphatic heterocycles. The Morgan fingerprint density at radius 3 is 2.94 bits per heavy atom. The van der Waals surface area contributed by atoms with Crippen molar-refractivity contribution in [2.45, 2.75) is 35.6 Å². The van der Waals surface area contributed by atoms with Crippen LogP contribution in [0.15, 0.2) is 30.3 Å². The van der Waals surface area contributed by atoms with Crippen LogP contribution < -0.4 is 0 Å². The van der Waals surface area contributed by atoms with E-state index in [1.807, 2.05) is 6.07 Å². The summed E-state index contributed by atoms with van der Waals surface area (Å²) in [7, 11) is 0. The van der Waals surface area contributed by atoms with Crippen LogP contribution in [0.25, 0.3) is 0 Å². The second-order valence-electron chi connectivity index (χ2n) is 4.59. The summed E-state index contributed by atoms with van der Waals surface area (Å²) in [6.45, 7) is 3.86. The molecule has 0 amide bonds. The van der Waals surface area contributed by atoms with Gasteiger partial charge in [-0.2, -0.15) is 0 Å². The Morgan fingerprint density at radius 1 is 1.47 bits per heavy atom. The Hall–Kier alpha value is 0.555. The summed E-state index contributed by atoms with van der Waals surface area (Å²) in [5, 5.41) is 0. The van der Waals surface area contributed by atoms with E-state index >= 15 is 0 Å². The second-order valence-corrected chi connectivity index (χ2v) is 16.5.